The second-order valence-electron chi connectivity index (χ2n) is 6.93. The molecule has 0 N–H and O–H groups in total. The molecule has 0 amide bonds. The molecule has 0 heterocycles. The lowest BCUT2D eigenvalue weighted by Gasteiger charge is -2.16. The van der Waals surface area contributed by atoms with Crippen molar-refractivity contribution >= 4 is 6.08 Å². The zero-order valence-electron chi connectivity index (χ0n) is 15.8. The van der Waals surface area contributed by atoms with E-state index >= 15 is 0 Å². The van der Waals surface area contributed by atoms with Gasteiger partial charge in [-0.1, -0.05) is 52.2 Å². The maximum atomic E-state index is 6.06. The van der Waals surface area contributed by atoms with Crippen LogP contribution in [0.3, 0.4) is 0 Å². The van der Waals surface area contributed by atoms with E-state index < -0.39 is 0 Å². The minimum absolute atomic E-state index is 0.721. The summed E-state index contributed by atoms with van der Waals surface area (Å²) in [7, 11) is 1.71. The highest BCUT2D eigenvalue weighted by atomic mass is 16.5. The second-order valence-corrected chi connectivity index (χ2v) is 6.93. The van der Waals surface area contributed by atoms with Crippen LogP contribution < -0.4 is 9.47 Å². The molecule has 0 bridgehead atoms. The van der Waals surface area contributed by atoms with E-state index in [4.69, 9.17) is 9.47 Å². The van der Waals surface area contributed by atoms with Crippen LogP contribution >= 0.6 is 0 Å². The molecule has 1 atom stereocenters. The van der Waals surface area contributed by atoms with Crippen LogP contribution in [0.25, 0.3) is 6.08 Å². The molecule has 1 aromatic carbocycles. The van der Waals surface area contributed by atoms with Crippen LogP contribution in [-0.2, 0) is 0 Å². The molecule has 0 aliphatic heterocycles. The molecule has 0 radical (unpaired) electrons. The minimum Gasteiger partial charge on any atom is -0.496 e. The van der Waals surface area contributed by atoms with Crippen molar-refractivity contribution in [1.82, 2.24) is 0 Å². The van der Waals surface area contributed by atoms with Crippen LogP contribution in [0.1, 0.15) is 64.5 Å². The number of methoxy groups -OCH3 is 1. The third kappa shape index (κ3) is 7.11. The standard InChI is InChI=1S/C21H34O2/c1-7-9-19-15-20(22-6)18(5)14-21(19)23-13-12-17(4)11-8-10-16(2)3/h7,9,14-17H,8,10-13H2,1-6H3/b9-7+. The molecular weight excluding hydrogens is 284 g/mol. The zero-order chi connectivity index (χ0) is 17.2. The predicted molar refractivity (Wildman–Crippen MR) is 100 cm³/mol. The number of ether oxygens (including phenoxy) is 2. The number of aryl methyl sites for hydroxylation is 1. The Labute approximate surface area is 142 Å². The first-order chi connectivity index (χ1) is 11.0. The Morgan fingerprint density at radius 1 is 1.04 bits per heavy atom. The smallest absolute Gasteiger partial charge is 0.127 e. The minimum atomic E-state index is 0.721. The summed E-state index contributed by atoms with van der Waals surface area (Å²) >= 11 is 0. The van der Waals surface area contributed by atoms with Gasteiger partial charge in [0, 0.05) is 5.56 Å². The van der Waals surface area contributed by atoms with E-state index in [1.54, 1.807) is 7.11 Å². The van der Waals surface area contributed by atoms with Crippen LogP contribution in [0.4, 0.5) is 0 Å². The van der Waals surface area contributed by atoms with Gasteiger partial charge in [0.25, 0.3) is 0 Å². The Hall–Kier alpha value is -1.44. The van der Waals surface area contributed by atoms with Crippen molar-refractivity contribution in [1.29, 1.82) is 0 Å². The first-order valence-corrected chi connectivity index (χ1v) is 8.92. The van der Waals surface area contributed by atoms with E-state index in [0.717, 1.165) is 47.5 Å². The highest BCUT2D eigenvalue weighted by Crippen LogP contribution is 2.30. The molecule has 1 unspecified atom stereocenters. The molecule has 2 nitrogen and oxygen atoms in total. The fraction of sp³-hybridized carbons (Fsp3) is 0.619. The molecule has 0 fully saturated rings. The number of benzene rings is 1. The van der Waals surface area contributed by atoms with Crippen LogP contribution in [-0.4, -0.2) is 13.7 Å². The van der Waals surface area contributed by atoms with E-state index in [1.807, 2.05) is 13.0 Å². The van der Waals surface area contributed by atoms with Gasteiger partial charge in [0.05, 0.1) is 13.7 Å². The number of allylic oxidation sites excluding steroid dienone is 1. The quantitative estimate of drug-likeness (QED) is 0.506. The largest absolute Gasteiger partial charge is 0.496 e. The SMILES string of the molecule is C/C=C/c1cc(OC)c(C)cc1OCCC(C)CCCC(C)C. The van der Waals surface area contributed by atoms with Gasteiger partial charge in [-0.05, 0) is 49.8 Å². The van der Waals surface area contributed by atoms with Crippen LogP contribution in [0.5, 0.6) is 11.5 Å². The van der Waals surface area contributed by atoms with Gasteiger partial charge < -0.3 is 9.47 Å². The lowest BCUT2D eigenvalue weighted by Crippen LogP contribution is -2.06. The van der Waals surface area contributed by atoms with Crippen LogP contribution in [0.15, 0.2) is 18.2 Å². The molecule has 0 saturated carbocycles. The van der Waals surface area contributed by atoms with E-state index in [-0.39, 0.29) is 0 Å². The first-order valence-electron chi connectivity index (χ1n) is 8.92. The Morgan fingerprint density at radius 3 is 2.39 bits per heavy atom. The molecule has 130 valence electrons. The maximum absolute atomic E-state index is 6.06. The molecule has 0 spiro atoms. The highest BCUT2D eigenvalue weighted by molar-refractivity contribution is 5.61. The van der Waals surface area contributed by atoms with Gasteiger partial charge in [-0.2, -0.15) is 0 Å². The fourth-order valence-electron chi connectivity index (χ4n) is 2.72. The topological polar surface area (TPSA) is 18.5 Å². The average molecular weight is 319 g/mol. The molecule has 0 aliphatic rings. The molecule has 1 aromatic rings. The predicted octanol–water partition coefficient (Wildman–Crippen LogP) is 6.27. The molecule has 23 heavy (non-hydrogen) atoms. The van der Waals surface area contributed by atoms with E-state index in [2.05, 4.69) is 45.9 Å². The Kier molecular flexibility index (Phi) is 8.83. The highest BCUT2D eigenvalue weighted by Gasteiger charge is 2.09. The maximum Gasteiger partial charge on any atom is 0.127 e. The van der Waals surface area contributed by atoms with Crippen molar-refractivity contribution in [3.63, 3.8) is 0 Å². The van der Waals surface area contributed by atoms with Gasteiger partial charge in [-0.15, -0.1) is 0 Å². The van der Waals surface area contributed by atoms with Gasteiger partial charge >= 0.3 is 0 Å². The van der Waals surface area contributed by atoms with E-state index in [0.29, 0.717) is 0 Å². The molecular formula is C21H34O2. The normalized spacial score (nSPS) is 12.8. The first kappa shape index (κ1) is 19.6. The molecule has 1 rings (SSSR count). The zero-order valence-corrected chi connectivity index (χ0v) is 15.8. The summed E-state index contributed by atoms with van der Waals surface area (Å²) in [5, 5.41) is 0. The van der Waals surface area contributed by atoms with Crippen molar-refractivity contribution in [3.8, 4) is 11.5 Å². The van der Waals surface area contributed by atoms with Crippen molar-refractivity contribution < 1.29 is 9.47 Å². The summed E-state index contributed by atoms with van der Waals surface area (Å²) in [6.45, 7) is 11.8. The molecule has 0 aliphatic carbocycles. The summed E-state index contributed by atoms with van der Waals surface area (Å²) in [6.07, 6.45) is 9.16. The third-order valence-electron chi connectivity index (χ3n) is 4.22. The lowest BCUT2D eigenvalue weighted by atomic mass is 9.98. The number of hydrogen-bond acceptors (Lipinski definition) is 2. The summed E-state index contributed by atoms with van der Waals surface area (Å²) in [6, 6.07) is 4.13. The van der Waals surface area contributed by atoms with Crippen LogP contribution in [0, 0.1) is 18.8 Å². The Morgan fingerprint density at radius 2 is 1.78 bits per heavy atom. The molecule has 0 aromatic heterocycles. The van der Waals surface area contributed by atoms with Crippen molar-refractivity contribution in [2.45, 2.75) is 60.3 Å². The van der Waals surface area contributed by atoms with Crippen molar-refractivity contribution in [3.05, 3.63) is 29.3 Å². The Balaban J connectivity index is 2.55. The summed E-state index contributed by atoms with van der Waals surface area (Å²) in [5.41, 5.74) is 2.20. The summed E-state index contributed by atoms with van der Waals surface area (Å²) < 4.78 is 11.5. The van der Waals surface area contributed by atoms with Crippen molar-refractivity contribution in [2.75, 3.05) is 13.7 Å². The molecule has 2 heteroatoms. The summed E-state index contributed by atoms with van der Waals surface area (Å²) in [4.78, 5) is 0. The Bertz CT molecular complexity index is 489. The van der Waals surface area contributed by atoms with E-state index in [1.165, 1.54) is 19.3 Å². The second kappa shape index (κ2) is 10.4. The molecule has 0 saturated heterocycles. The average Bonchev–Trinajstić information content (AvgIpc) is 2.49. The lowest BCUT2D eigenvalue weighted by molar-refractivity contribution is 0.274. The van der Waals surface area contributed by atoms with Crippen LogP contribution in [0.2, 0.25) is 0 Å². The monoisotopic (exact) mass is 318 g/mol. The number of hydrogen-bond donors (Lipinski definition) is 0. The summed E-state index contributed by atoms with van der Waals surface area (Å²) in [5.74, 6) is 3.39. The van der Waals surface area contributed by atoms with Gasteiger partial charge in [-0.3, -0.25) is 0 Å². The van der Waals surface area contributed by atoms with Gasteiger partial charge in [0.1, 0.15) is 11.5 Å². The van der Waals surface area contributed by atoms with Gasteiger partial charge in [0.2, 0.25) is 0 Å². The third-order valence-corrected chi connectivity index (χ3v) is 4.22. The number of rotatable bonds is 10. The van der Waals surface area contributed by atoms with Crippen molar-refractivity contribution in [2.24, 2.45) is 11.8 Å². The fourth-order valence-corrected chi connectivity index (χ4v) is 2.72. The van der Waals surface area contributed by atoms with Gasteiger partial charge in [0.15, 0.2) is 0 Å². The van der Waals surface area contributed by atoms with E-state index in [9.17, 15) is 0 Å². The van der Waals surface area contributed by atoms with Gasteiger partial charge in [-0.25, -0.2) is 0 Å².